The highest BCUT2D eigenvalue weighted by molar-refractivity contribution is 6.30. The van der Waals surface area contributed by atoms with Crippen LogP contribution in [-0.2, 0) is 6.54 Å². The molecule has 2 aromatic carbocycles. The lowest BCUT2D eigenvalue weighted by atomic mass is 10.1. The number of hydrogen-bond acceptors (Lipinski definition) is 2. The minimum atomic E-state index is 0.366. The molecule has 0 heterocycles. The Bertz CT molecular complexity index is 565. The minimum Gasteiger partial charge on any atom is -0.381 e. The summed E-state index contributed by atoms with van der Waals surface area (Å²) in [5.74, 6) is 0.571. The lowest BCUT2D eigenvalue weighted by Crippen LogP contribution is -2.01. The summed E-state index contributed by atoms with van der Waals surface area (Å²) >= 11 is 5.96. The van der Waals surface area contributed by atoms with E-state index in [1.54, 1.807) is 0 Å². The Hall–Kier alpha value is -1.51. The fourth-order valence-electron chi connectivity index (χ4n) is 2.30. The topological polar surface area (TPSA) is 38.0 Å². The Morgan fingerprint density at radius 3 is 2.53 bits per heavy atom. The molecule has 1 aliphatic carbocycles. The largest absolute Gasteiger partial charge is 0.381 e. The van der Waals surface area contributed by atoms with Gasteiger partial charge >= 0.3 is 0 Å². The average molecular weight is 273 g/mol. The fourth-order valence-corrected chi connectivity index (χ4v) is 2.51. The zero-order chi connectivity index (χ0) is 13.2. The van der Waals surface area contributed by atoms with Crippen molar-refractivity contribution in [2.45, 2.75) is 24.9 Å². The van der Waals surface area contributed by atoms with Gasteiger partial charge in [0, 0.05) is 29.2 Å². The van der Waals surface area contributed by atoms with Gasteiger partial charge < -0.3 is 11.1 Å². The summed E-state index contributed by atoms with van der Waals surface area (Å²) in [4.78, 5) is 0. The standard InChI is InChI=1S/C16H17ClN2/c17-13-3-1-2-11(8-13)10-19-14-6-4-12(5-7-14)15-9-16(15)18/h1-8,15-16,19H,9-10,18H2/t15-,16+/m1/s1. The van der Waals surface area contributed by atoms with E-state index in [-0.39, 0.29) is 0 Å². The number of rotatable bonds is 4. The Morgan fingerprint density at radius 2 is 1.89 bits per heavy atom. The predicted molar refractivity (Wildman–Crippen MR) is 80.6 cm³/mol. The van der Waals surface area contributed by atoms with Gasteiger partial charge in [0.15, 0.2) is 0 Å². The van der Waals surface area contributed by atoms with Crippen molar-refractivity contribution in [2.24, 2.45) is 5.73 Å². The Kier molecular flexibility index (Phi) is 3.45. The van der Waals surface area contributed by atoms with Crippen molar-refractivity contribution < 1.29 is 0 Å². The summed E-state index contributed by atoms with van der Waals surface area (Å²) in [5, 5.41) is 4.17. The normalized spacial score (nSPS) is 21.2. The van der Waals surface area contributed by atoms with Gasteiger partial charge in [0.1, 0.15) is 0 Å². The van der Waals surface area contributed by atoms with Crippen LogP contribution in [0, 0.1) is 0 Å². The first-order chi connectivity index (χ1) is 9.22. The summed E-state index contributed by atoms with van der Waals surface area (Å²) in [6, 6.07) is 16.8. The third-order valence-electron chi connectivity index (χ3n) is 3.56. The Labute approximate surface area is 118 Å². The number of nitrogens with two attached hydrogens (primary N) is 1. The molecule has 2 aromatic rings. The van der Waals surface area contributed by atoms with Gasteiger partial charge in [0.05, 0.1) is 0 Å². The molecule has 19 heavy (non-hydrogen) atoms. The van der Waals surface area contributed by atoms with Gasteiger partial charge in [-0.15, -0.1) is 0 Å². The van der Waals surface area contributed by atoms with E-state index in [1.165, 1.54) is 11.1 Å². The summed E-state index contributed by atoms with van der Waals surface area (Å²) in [6.45, 7) is 0.781. The van der Waals surface area contributed by atoms with Crippen molar-refractivity contribution in [3.63, 3.8) is 0 Å². The van der Waals surface area contributed by atoms with Crippen molar-refractivity contribution in [2.75, 3.05) is 5.32 Å². The zero-order valence-corrected chi connectivity index (χ0v) is 11.4. The summed E-state index contributed by atoms with van der Waals surface area (Å²) in [5.41, 5.74) is 9.51. The maximum absolute atomic E-state index is 5.96. The van der Waals surface area contributed by atoms with Gasteiger partial charge in [-0.1, -0.05) is 35.9 Å². The van der Waals surface area contributed by atoms with E-state index >= 15 is 0 Å². The monoisotopic (exact) mass is 272 g/mol. The number of hydrogen-bond donors (Lipinski definition) is 2. The van der Waals surface area contributed by atoms with Crippen LogP contribution in [0.25, 0.3) is 0 Å². The molecule has 98 valence electrons. The van der Waals surface area contributed by atoms with Gasteiger partial charge in [-0.3, -0.25) is 0 Å². The van der Waals surface area contributed by atoms with E-state index in [9.17, 15) is 0 Å². The number of nitrogens with one attached hydrogen (secondary N) is 1. The zero-order valence-electron chi connectivity index (χ0n) is 10.6. The minimum absolute atomic E-state index is 0.366. The van der Waals surface area contributed by atoms with Crippen molar-refractivity contribution in [3.05, 3.63) is 64.7 Å². The van der Waals surface area contributed by atoms with Gasteiger partial charge in [-0.05, 0) is 41.8 Å². The molecule has 0 saturated heterocycles. The summed E-state index contributed by atoms with van der Waals surface area (Å²) < 4.78 is 0. The van der Waals surface area contributed by atoms with Crippen LogP contribution in [0.5, 0.6) is 0 Å². The van der Waals surface area contributed by atoms with Gasteiger partial charge in [0.2, 0.25) is 0 Å². The quantitative estimate of drug-likeness (QED) is 0.889. The molecule has 0 bridgehead atoms. The van der Waals surface area contributed by atoms with E-state index in [0.29, 0.717) is 12.0 Å². The van der Waals surface area contributed by atoms with E-state index in [4.69, 9.17) is 17.3 Å². The molecule has 1 saturated carbocycles. The third kappa shape index (κ3) is 3.09. The molecule has 3 rings (SSSR count). The maximum atomic E-state index is 5.96. The second-order valence-electron chi connectivity index (χ2n) is 5.11. The lowest BCUT2D eigenvalue weighted by molar-refractivity contribution is 0.990. The molecule has 0 radical (unpaired) electrons. The van der Waals surface area contributed by atoms with E-state index in [2.05, 4.69) is 35.6 Å². The smallest absolute Gasteiger partial charge is 0.0409 e. The number of anilines is 1. The highest BCUT2D eigenvalue weighted by Crippen LogP contribution is 2.39. The molecular weight excluding hydrogens is 256 g/mol. The van der Waals surface area contributed by atoms with Gasteiger partial charge in [-0.25, -0.2) is 0 Å². The Balaban J connectivity index is 1.61. The molecule has 0 amide bonds. The first-order valence-electron chi connectivity index (χ1n) is 6.56. The van der Waals surface area contributed by atoms with E-state index < -0.39 is 0 Å². The van der Waals surface area contributed by atoms with E-state index in [0.717, 1.165) is 23.7 Å². The summed E-state index contributed by atoms with van der Waals surface area (Å²) in [6.07, 6.45) is 1.12. The van der Waals surface area contributed by atoms with Crippen LogP contribution in [0.3, 0.4) is 0 Å². The highest BCUT2D eigenvalue weighted by atomic mass is 35.5. The third-order valence-corrected chi connectivity index (χ3v) is 3.80. The van der Waals surface area contributed by atoms with Crippen LogP contribution in [-0.4, -0.2) is 6.04 Å². The molecular formula is C16H17ClN2. The molecule has 0 unspecified atom stereocenters. The second kappa shape index (κ2) is 5.24. The number of halogens is 1. The first kappa shape index (κ1) is 12.5. The first-order valence-corrected chi connectivity index (χ1v) is 6.94. The molecule has 0 aliphatic heterocycles. The molecule has 0 spiro atoms. The van der Waals surface area contributed by atoms with Crippen molar-refractivity contribution in [3.8, 4) is 0 Å². The van der Waals surface area contributed by atoms with Crippen LogP contribution in [0.4, 0.5) is 5.69 Å². The lowest BCUT2D eigenvalue weighted by Gasteiger charge is -2.08. The second-order valence-corrected chi connectivity index (χ2v) is 5.55. The molecule has 2 nitrogen and oxygen atoms in total. The fraction of sp³-hybridized carbons (Fsp3) is 0.250. The van der Waals surface area contributed by atoms with Crippen molar-refractivity contribution >= 4 is 17.3 Å². The van der Waals surface area contributed by atoms with E-state index in [1.807, 2.05) is 18.2 Å². The van der Waals surface area contributed by atoms with Gasteiger partial charge in [0.25, 0.3) is 0 Å². The van der Waals surface area contributed by atoms with Crippen LogP contribution < -0.4 is 11.1 Å². The van der Waals surface area contributed by atoms with Crippen LogP contribution in [0.2, 0.25) is 5.02 Å². The average Bonchev–Trinajstić information content (AvgIpc) is 3.14. The maximum Gasteiger partial charge on any atom is 0.0409 e. The highest BCUT2D eigenvalue weighted by Gasteiger charge is 2.34. The molecule has 2 atom stereocenters. The predicted octanol–water partition coefficient (Wildman–Crippen LogP) is 3.77. The SMILES string of the molecule is N[C@H]1C[C@@H]1c1ccc(NCc2cccc(Cl)c2)cc1. The van der Waals surface area contributed by atoms with Crippen LogP contribution in [0.15, 0.2) is 48.5 Å². The van der Waals surface area contributed by atoms with Crippen LogP contribution in [0.1, 0.15) is 23.5 Å². The van der Waals surface area contributed by atoms with Gasteiger partial charge in [-0.2, -0.15) is 0 Å². The van der Waals surface area contributed by atoms with Crippen LogP contribution >= 0.6 is 11.6 Å². The van der Waals surface area contributed by atoms with Crippen molar-refractivity contribution in [1.29, 1.82) is 0 Å². The Morgan fingerprint density at radius 1 is 1.16 bits per heavy atom. The molecule has 1 aliphatic rings. The van der Waals surface area contributed by atoms with Crippen molar-refractivity contribution in [1.82, 2.24) is 0 Å². The summed E-state index contributed by atoms with van der Waals surface area (Å²) in [7, 11) is 0. The molecule has 1 fully saturated rings. The molecule has 3 N–H and O–H groups in total. The number of benzene rings is 2. The molecule has 0 aromatic heterocycles. The molecule has 3 heteroatoms.